The summed E-state index contributed by atoms with van der Waals surface area (Å²) < 4.78 is 0. The van der Waals surface area contributed by atoms with E-state index in [2.05, 4.69) is 31.0 Å². The molecule has 1 N–H and O–H groups in total. The standard InChI is InChI=1S/C19H23NO2/c1-13(2)16-6-4-15(5-7-16)11-18(22)10-14(3)19-9-8-17(21)12-20-19/h4-9,12-14,21H,10-11H2,1-3H3/t14-/m0/s1. The predicted octanol–water partition coefficient (Wildman–Crippen LogP) is 4.22. The van der Waals surface area contributed by atoms with E-state index in [1.54, 1.807) is 12.1 Å². The Bertz CT molecular complexity index is 615. The van der Waals surface area contributed by atoms with Gasteiger partial charge in [0, 0.05) is 24.5 Å². The lowest BCUT2D eigenvalue weighted by Gasteiger charge is -2.11. The second-order valence-electron chi connectivity index (χ2n) is 6.16. The van der Waals surface area contributed by atoms with E-state index in [0.29, 0.717) is 18.8 Å². The fraction of sp³-hybridized carbons (Fsp3) is 0.368. The largest absolute Gasteiger partial charge is 0.506 e. The van der Waals surface area contributed by atoms with Gasteiger partial charge in [0.25, 0.3) is 0 Å². The molecular formula is C19H23NO2. The van der Waals surface area contributed by atoms with Gasteiger partial charge in [0.2, 0.25) is 0 Å². The van der Waals surface area contributed by atoms with E-state index in [0.717, 1.165) is 11.3 Å². The van der Waals surface area contributed by atoms with Gasteiger partial charge in [0.1, 0.15) is 11.5 Å². The predicted molar refractivity (Wildman–Crippen MR) is 88.2 cm³/mol. The van der Waals surface area contributed by atoms with Crippen molar-refractivity contribution < 1.29 is 9.90 Å². The molecule has 3 nitrogen and oxygen atoms in total. The minimum Gasteiger partial charge on any atom is -0.506 e. The van der Waals surface area contributed by atoms with Crippen LogP contribution in [0.5, 0.6) is 5.75 Å². The lowest BCUT2D eigenvalue weighted by molar-refractivity contribution is -0.118. The zero-order valence-corrected chi connectivity index (χ0v) is 13.4. The quantitative estimate of drug-likeness (QED) is 0.868. The molecule has 22 heavy (non-hydrogen) atoms. The van der Waals surface area contributed by atoms with Crippen LogP contribution in [0, 0.1) is 0 Å². The second kappa shape index (κ2) is 7.21. The average molecular weight is 297 g/mol. The second-order valence-corrected chi connectivity index (χ2v) is 6.16. The van der Waals surface area contributed by atoms with Crippen LogP contribution in [0.25, 0.3) is 0 Å². The first-order valence-electron chi connectivity index (χ1n) is 7.71. The molecule has 0 saturated carbocycles. The molecule has 0 radical (unpaired) electrons. The number of carbonyl (C=O) groups excluding carboxylic acids is 1. The van der Waals surface area contributed by atoms with E-state index in [9.17, 15) is 9.90 Å². The summed E-state index contributed by atoms with van der Waals surface area (Å²) in [5.74, 6) is 0.917. The van der Waals surface area contributed by atoms with Gasteiger partial charge in [0.15, 0.2) is 0 Å². The van der Waals surface area contributed by atoms with Crippen LogP contribution in [0.2, 0.25) is 0 Å². The Morgan fingerprint density at radius 2 is 1.77 bits per heavy atom. The molecular weight excluding hydrogens is 274 g/mol. The zero-order chi connectivity index (χ0) is 16.1. The first-order chi connectivity index (χ1) is 10.5. The fourth-order valence-electron chi connectivity index (χ4n) is 2.46. The van der Waals surface area contributed by atoms with Crippen LogP contribution >= 0.6 is 0 Å². The maximum Gasteiger partial charge on any atom is 0.137 e. The molecule has 116 valence electrons. The Hall–Kier alpha value is -2.16. The highest BCUT2D eigenvalue weighted by Gasteiger charge is 2.13. The number of nitrogens with zero attached hydrogens (tertiary/aromatic N) is 1. The van der Waals surface area contributed by atoms with E-state index >= 15 is 0 Å². The summed E-state index contributed by atoms with van der Waals surface area (Å²) in [6.07, 6.45) is 2.34. The van der Waals surface area contributed by atoms with Crippen molar-refractivity contribution in [2.45, 2.75) is 45.4 Å². The van der Waals surface area contributed by atoms with E-state index in [4.69, 9.17) is 0 Å². The van der Waals surface area contributed by atoms with Crippen molar-refractivity contribution >= 4 is 5.78 Å². The third-order valence-corrected chi connectivity index (χ3v) is 3.86. The number of hydrogen-bond acceptors (Lipinski definition) is 3. The van der Waals surface area contributed by atoms with E-state index < -0.39 is 0 Å². The Balaban J connectivity index is 1.93. The summed E-state index contributed by atoms with van der Waals surface area (Å²) in [6.45, 7) is 6.30. The lowest BCUT2D eigenvalue weighted by Crippen LogP contribution is -2.08. The molecule has 0 aliphatic carbocycles. The van der Waals surface area contributed by atoms with Crippen molar-refractivity contribution in [3.63, 3.8) is 0 Å². The van der Waals surface area contributed by atoms with Crippen LogP contribution in [0.3, 0.4) is 0 Å². The summed E-state index contributed by atoms with van der Waals surface area (Å²) >= 11 is 0. The third-order valence-electron chi connectivity index (χ3n) is 3.86. The Kier molecular flexibility index (Phi) is 5.31. The third kappa shape index (κ3) is 4.42. The Morgan fingerprint density at radius 3 is 2.32 bits per heavy atom. The Morgan fingerprint density at radius 1 is 1.09 bits per heavy atom. The van der Waals surface area contributed by atoms with Crippen LogP contribution in [0.15, 0.2) is 42.6 Å². The number of benzene rings is 1. The summed E-state index contributed by atoms with van der Waals surface area (Å²) in [5.41, 5.74) is 3.18. The smallest absolute Gasteiger partial charge is 0.137 e. The van der Waals surface area contributed by atoms with E-state index in [1.165, 1.54) is 11.8 Å². The highest BCUT2D eigenvalue weighted by atomic mass is 16.3. The number of hydrogen-bond donors (Lipinski definition) is 1. The normalized spacial score (nSPS) is 12.4. The maximum atomic E-state index is 12.2. The van der Waals surface area contributed by atoms with Crippen LogP contribution in [0.4, 0.5) is 0 Å². The number of aromatic nitrogens is 1. The highest BCUT2D eigenvalue weighted by Crippen LogP contribution is 2.20. The van der Waals surface area contributed by atoms with Gasteiger partial charge in [-0.15, -0.1) is 0 Å². The molecule has 3 heteroatoms. The highest BCUT2D eigenvalue weighted by molar-refractivity contribution is 5.81. The molecule has 1 aromatic heterocycles. The van der Waals surface area contributed by atoms with Crippen molar-refractivity contribution in [1.82, 2.24) is 4.98 Å². The van der Waals surface area contributed by atoms with Gasteiger partial charge in [-0.05, 0) is 29.2 Å². The zero-order valence-electron chi connectivity index (χ0n) is 13.4. The molecule has 1 aromatic carbocycles. The first kappa shape index (κ1) is 16.2. The molecule has 0 fully saturated rings. The van der Waals surface area contributed by atoms with Gasteiger partial charge in [-0.2, -0.15) is 0 Å². The number of aromatic hydroxyl groups is 1. The maximum absolute atomic E-state index is 12.2. The summed E-state index contributed by atoms with van der Waals surface area (Å²) in [6, 6.07) is 11.6. The number of ketones is 1. The minimum atomic E-state index is 0.0584. The van der Waals surface area contributed by atoms with Crippen LogP contribution < -0.4 is 0 Å². The molecule has 0 saturated heterocycles. The molecule has 0 unspecified atom stereocenters. The van der Waals surface area contributed by atoms with Crippen molar-refractivity contribution in [2.24, 2.45) is 0 Å². The molecule has 1 atom stereocenters. The van der Waals surface area contributed by atoms with Gasteiger partial charge in [-0.3, -0.25) is 9.78 Å². The van der Waals surface area contributed by atoms with Gasteiger partial charge in [-0.1, -0.05) is 45.0 Å². The van der Waals surface area contributed by atoms with Crippen LogP contribution in [0.1, 0.15) is 55.8 Å². The summed E-state index contributed by atoms with van der Waals surface area (Å²) in [4.78, 5) is 16.4. The van der Waals surface area contributed by atoms with Crippen molar-refractivity contribution in [2.75, 3.05) is 0 Å². The minimum absolute atomic E-state index is 0.0584. The van der Waals surface area contributed by atoms with Gasteiger partial charge in [-0.25, -0.2) is 0 Å². The molecule has 0 bridgehead atoms. The number of pyridine rings is 1. The van der Waals surface area contributed by atoms with Gasteiger partial charge >= 0.3 is 0 Å². The van der Waals surface area contributed by atoms with E-state index in [-0.39, 0.29) is 17.5 Å². The number of rotatable bonds is 6. The average Bonchev–Trinajstić information content (AvgIpc) is 2.48. The molecule has 0 aliphatic heterocycles. The fourth-order valence-corrected chi connectivity index (χ4v) is 2.46. The molecule has 0 aliphatic rings. The van der Waals surface area contributed by atoms with Gasteiger partial charge < -0.3 is 5.11 Å². The molecule has 0 spiro atoms. The SMILES string of the molecule is CC(C)c1ccc(CC(=O)C[C@H](C)c2ccc(O)cn2)cc1. The van der Waals surface area contributed by atoms with E-state index in [1.807, 2.05) is 19.1 Å². The molecule has 2 rings (SSSR count). The molecule has 2 aromatic rings. The van der Waals surface area contributed by atoms with Gasteiger partial charge in [0.05, 0.1) is 6.20 Å². The molecule has 1 heterocycles. The topological polar surface area (TPSA) is 50.2 Å². The summed E-state index contributed by atoms with van der Waals surface area (Å²) in [5, 5.41) is 9.25. The number of Topliss-reactive ketones (excluding diaryl/α,β-unsaturated/α-hetero) is 1. The van der Waals surface area contributed by atoms with Crippen LogP contribution in [-0.4, -0.2) is 15.9 Å². The Labute approximate surface area is 132 Å². The monoisotopic (exact) mass is 297 g/mol. The van der Waals surface area contributed by atoms with Crippen molar-refractivity contribution in [3.05, 3.63) is 59.4 Å². The lowest BCUT2D eigenvalue weighted by atomic mass is 9.95. The molecule has 0 amide bonds. The van der Waals surface area contributed by atoms with Crippen molar-refractivity contribution in [1.29, 1.82) is 0 Å². The van der Waals surface area contributed by atoms with Crippen molar-refractivity contribution in [3.8, 4) is 5.75 Å². The summed E-state index contributed by atoms with van der Waals surface area (Å²) in [7, 11) is 0. The first-order valence-corrected chi connectivity index (χ1v) is 7.71. The van der Waals surface area contributed by atoms with Crippen LogP contribution in [-0.2, 0) is 11.2 Å². The number of carbonyl (C=O) groups is 1.